The van der Waals surface area contributed by atoms with Crippen LogP contribution in [-0.4, -0.2) is 30.6 Å². The van der Waals surface area contributed by atoms with Crippen LogP contribution in [0.25, 0.3) is 0 Å². The van der Waals surface area contributed by atoms with E-state index >= 15 is 0 Å². The summed E-state index contributed by atoms with van der Waals surface area (Å²) in [5.41, 5.74) is 1.52. The lowest BCUT2D eigenvalue weighted by atomic mass is 10.1. The van der Waals surface area contributed by atoms with Crippen molar-refractivity contribution in [1.82, 2.24) is 10.6 Å². The smallest absolute Gasteiger partial charge is 0.315 e. The summed E-state index contributed by atoms with van der Waals surface area (Å²) in [4.78, 5) is 25.3. The summed E-state index contributed by atoms with van der Waals surface area (Å²) in [7, 11) is 0. The maximum Gasteiger partial charge on any atom is 0.315 e. The number of piperidine rings is 1. The second-order valence-electron chi connectivity index (χ2n) is 6.91. The summed E-state index contributed by atoms with van der Waals surface area (Å²) in [6.45, 7) is 6.84. The molecule has 1 heterocycles. The van der Waals surface area contributed by atoms with Crippen LogP contribution in [0.4, 0.5) is 10.5 Å². The number of nitrogens with zero attached hydrogens (tertiary/aromatic N) is 1. The first kappa shape index (κ1) is 17.9. The van der Waals surface area contributed by atoms with Crippen LogP contribution in [0, 0.1) is 11.8 Å². The van der Waals surface area contributed by atoms with E-state index < -0.39 is 0 Å². The van der Waals surface area contributed by atoms with E-state index in [0.717, 1.165) is 30.6 Å². The minimum Gasteiger partial charge on any atom is -0.334 e. The normalized spacial score (nSPS) is 14.6. The monoisotopic (exact) mass is 327 g/mol. The van der Waals surface area contributed by atoms with E-state index in [1.165, 1.54) is 0 Å². The number of urea groups is 1. The third kappa shape index (κ3) is 5.62. The van der Waals surface area contributed by atoms with Crippen molar-refractivity contribution in [2.45, 2.75) is 45.6 Å². The van der Waals surface area contributed by atoms with Crippen molar-refractivity contribution >= 4 is 17.6 Å². The van der Waals surface area contributed by atoms with E-state index in [1.807, 2.05) is 49.9 Å². The summed E-state index contributed by atoms with van der Waals surface area (Å²) in [5, 5.41) is 5.51. The highest BCUT2D eigenvalue weighted by Gasteiger charge is 2.19. The minimum atomic E-state index is -0.265. The van der Waals surface area contributed by atoms with Crippen LogP contribution in [0.2, 0.25) is 0 Å². The quantitative estimate of drug-likeness (QED) is 0.820. The number of hydrogen-bond donors (Lipinski definition) is 2. The van der Waals surface area contributed by atoms with Crippen molar-refractivity contribution in [2.24, 2.45) is 0 Å². The van der Waals surface area contributed by atoms with Crippen molar-refractivity contribution in [3.05, 3.63) is 29.8 Å². The average Bonchev–Trinajstić information content (AvgIpc) is 2.51. The van der Waals surface area contributed by atoms with Gasteiger partial charge in [0.25, 0.3) is 0 Å². The number of nitrogens with one attached hydrogen (secondary N) is 2. The second kappa shape index (κ2) is 7.87. The lowest BCUT2D eigenvalue weighted by Gasteiger charge is -2.26. The summed E-state index contributed by atoms with van der Waals surface area (Å²) >= 11 is 0. The first-order chi connectivity index (χ1) is 11.3. The Bertz CT molecular complexity index is 648. The minimum absolute atomic E-state index is 0.189. The molecule has 0 radical (unpaired) electrons. The highest BCUT2D eigenvalue weighted by molar-refractivity contribution is 5.94. The van der Waals surface area contributed by atoms with Gasteiger partial charge in [-0.25, -0.2) is 4.79 Å². The van der Waals surface area contributed by atoms with Gasteiger partial charge in [-0.2, -0.15) is 0 Å². The van der Waals surface area contributed by atoms with E-state index in [2.05, 4.69) is 22.5 Å². The van der Waals surface area contributed by atoms with Gasteiger partial charge in [0.1, 0.15) is 0 Å². The Hall–Kier alpha value is -2.48. The molecule has 5 heteroatoms. The zero-order valence-electron chi connectivity index (χ0n) is 14.6. The molecule has 0 saturated carbocycles. The maximum atomic E-state index is 11.9. The molecule has 3 amide bonds. The van der Waals surface area contributed by atoms with E-state index in [-0.39, 0.29) is 24.0 Å². The Labute approximate surface area is 143 Å². The van der Waals surface area contributed by atoms with Crippen molar-refractivity contribution < 1.29 is 9.59 Å². The van der Waals surface area contributed by atoms with Gasteiger partial charge in [0.05, 0.1) is 6.54 Å². The molecule has 2 rings (SSSR count). The molecule has 1 aromatic carbocycles. The summed E-state index contributed by atoms with van der Waals surface area (Å²) in [6.07, 6.45) is 2.66. The van der Waals surface area contributed by atoms with Crippen molar-refractivity contribution in [3.8, 4) is 11.8 Å². The Morgan fingerprint density at radius 2 is 1.92 bits per heavy atom. The van der Waals surface area contributed by atoms with Gasteiger partial charge in [-0.05, 0) is 57.9 Å². The molecule has 24 heavy (non-hydrogen) atoms. The number of carbonyl (C=O) groups is 2. The zero-order valence-corrected chi connectivity index (χ0v) is 14.6. The molecule has 1 aliphatic heterocycles. The molecule has 0 aliphatic carbocycles. The Morgan fingerprint density at radius 1 is 1.21 bits per heavy atom. The van der Waals surface area contributed by atoms with Gasteiger partial charge >= 0.3 is 6.03 Å². The largest absolute Gasteiger partial charge is 0.334 e. The predicted octanol–water partition coefficient (Wildman–Crippen LogP) is 2.65. The fourth-order valence-corrected chi connectivity index (χ4v) is 2.46. The van der Waals surface area contributed by atoms with E-state index in [9.17, 15) is 9.59 Å². The number of carbonyl (C=O) groups excluding carboxylic acids is 2. The number of anilines is 1. The van der Waals surface area contributed by atoms with Gasteiger partial charge in [-0.15, -0.1) is 0 Å². The Balaban J connectivity index is 1.86. The fraction of sp³-hybridized carbons (Fsp3) is 0.474. The van der Waals surface area contributed by atoms with Gasteiger partial charge in [-0.1, -0.05) is 11.8 Å². The molecule has 0 unspecified atom stereocenters. The second-order valence-corrected chi connectivity index (χ2v) is 6.91. The molecule has 5 nitrogen and oxygen atoms in total. The van der Waals surface area contributed by atoms with Crippen LogP contribution in [-0.2, 0) is 4.79 Å². The van der Waals surface area contributed by atoms with Gasteiger partial charge in [0.2, 0.25) is 5.91 Å². The van der Waals surface area contributed by atoms with Crippen LogP contribution < -0.4 is 15.5 Å². The van der Waals surface area contributed by atoms with Crippen molar-refractivity contribution in [1.29, 1.82) is 0 Å². The van der Waals surface area contributed by atoms with E-state index in [0.29, 0.717) is 6.42 Å². The third-order valence-corrected chi connectivity index (χ3v) is 3.56. The average molecular weight is 327 g/mol. The van der Waals surface area contributed by atoms with Crippen LogP contribution in [0.5, 0.6) is 0 Å². The van der Waals surface area contributed by atoms with Crippen molar-refractivity contribution in [2.75, 3.05) is 18.0 Å². The fourth-order valence-electron chi connectivity index (χ4n) is 2.46. The molecule has 0 atom stereocenters. The third-order valence-electron chi connectivity index (χ3n) is 3.56. The molecule has 2 N–H and O–H groups in total. The first-order valence-corrected chi connectivity index (χ1v) is 8.30. The zero-order chi connectivity index (χ0) is 17.6. The molecule has 128 valence electrons. The molecule has 0 spiro atoms. The number of benzene rings is 1. The molecule has 0 aromatic heterocycles. The van der Waals surface area contributed by atoms with Crippen LogP contribution in [0.3, 0.4) is 0 Å². The van der Waals surface area contributed by atoms with Crippen molar-refractivity contribution in [3.63, 3.8) is 0 Å². The summed E-state index contributed by atoms with van der Waals surface area (Å²) < 4.78 is 0. The van der Waals surface area contributed by atoms with E-state index in [1.54, 1.807) is 0 Å². The maximum absolute atomic E-state index is 11.9. The Morgan fingerprint density at radius 3 is 2.54 bits per heavy atom. The highest BCUT2D eigenvalue weighted by Crippen LogP contribution is 2.20. The van der Waals surface area contributed by atoms with Crippen LogP contribution in [0.15, 0.2) is 24.3 Å². The molecular weight excluding hydrogens is 302 g/mol. The number of amides is 3. The molecule has 1 aromatic rings. The first-order valence-electron chi connectivity index (χ1n) is 8.30. The molecule has 1 fully saturated rings. The van der Waals surface area contributed by atoms with Gasteiger partial charge in [-0.3, -0.25) is 4.79 Å². The van der Waals surface area contributed by atoms with E-state index in [4.69, 9.17) is 0 Å². The van der Waals surface area contributed by atoms with Gasteiger partial charge in [0.15, 0.2) is 0 Å². The molecular formula is C19H25N3O2. The summed E-state index contributed by atoms with van der Waals surface area (Å²) in [6, 6.07) is 7.43. The SMILES string of the molecule is CC(C)(C)NC(=O)NCC#Cc1ccc(N2CCCCC2=O)cc1. The highest BCUT2D eigenvalue weighted by atomic mass is 16.2. The van der Waals surface area contributed by atoms with Gasteiger partial charge < -0.3 is 15.5 Å². The lowest BCUT2D eigenvalue weighted by molar-refractivity contribution is -0.119. The standard InChI is InChI=1S/C19H25N3O2/c1-19(2,3)21-18(24)20-13-6-7-15-9-11-16(12-10-15)22-14-5-4-8-17(22)23/h9-12H,4-5,8,13-14H2,1-3H3,(H2,20,21,24). The molecule has 1 saturated heterocycles. The topological polar surface area (TPSA) is 61.4 Å². The van der Waals surface area contributed by atoms with Gasteiger partial charge in [0, 0.05) is 29.8 Å². The Kier molecular flexibility index (Phi) is 5.86. The predicted molar refractivity (Wildman–Crippen MR) is 95.8 cm³/mol. The van der Waals surface area contributed by atoms with Crippen LogP contribution >= 0.6 is 0 Å². The molecule has 0 bridgehead atoms. The summed E-state index contributed by atoms with van der Waals surface area (Å²) in [5.74, 6) is 6.12. The lowest BCUT2D eigenvalue weighted by Crippen LogP contribution is -2.46. The molecule has 1 aliphatic rings. The number of rotatable bonds is 2. The number of hydrogen-bond acceptors (Lipinski definition) is 2. The van der Waals surface area contributed by atoms with Crippen LogP contribution in [0.1, 0.15) is 45.6 Å².